The quantitative estimate of drug-likeness (QED) is 0.396. The fourth-order valence-electron chi connectivity index (χ4n) is 2.07. The number of ether oxygens (including phenoxy) is 1. The van der Waals surface area contributed by atoms with E-state index in [1.54, 1.807) is 0 Å². The summed E-state index contributed by atoms with van der Waals surface area (Å²) in [5, 5.41) is 5.50. The molecule has 0 fully saturated rings. The Morgan fingerprint density at radius 2 is 2.22 bits per heavy atom. The molecule has 1 aliphatic heterocycles. The largest absolute Gasteiger partial charge is 0.447 e. The molecule has 4 nitrogen and oxygen atoms in total. The second kappa shape index (κ2) is 11.3. The molecule has 1 heterocycles. The second-order valence-electron chi connectivity index (χ2n) is 5.64. The summed E-state index contributed by atoms with van der Waals surface area (Å²) in [4.78, 5) is 4.45. The fourth-order valence-corrected chi connectivity index (χ4v) is 2.43. The number of hydrogen-bond acceptors (Lipinski definition) is 5. The van der Waals surface area contributed by atoms with Crippen molar-refractivity contribution in [3.63, 3.8) is 0 Å². The molecule has 0 atom stereocenters. The Kier molecular flexibility index (Phi) is 9.67. The van der Waals surface area contributed by atoms with E-state index in [9.17, 15) is 0 Å². The van der Waals surface area contributed by atoms with E-state index in [2.05, 4.69) is 31.0 Å². The maximum atomic E-state index is 6.04. The molecule has 0 aliphatic carbocycles. The molecule has 0 saturated carbocycles. The summed E-state index contributed by atoms with van der Waals surface area (Å²) in [6.45, 7) is 6.80. The van der Waals surface area contributed by atoms with Crippen LogP contribution in [0.3, 0.4) is 0 Å². The zero-order valence-corrected chi connectivity index (χ0v) is 15.3. The molecular weight excluding hydrogens is 306 g/mol. The van der Waals surface area contributed by atoms with E-state index in [1.165, 1.54) is 17.5 Å². The van der Waals surface area contributed by atoms with Gasteiger partial charge in [0.1, 0.15) is 5.76 Å². The third-order valence-corrected chi connectivity index (χ3v) is 4.16. The molecule has 0 aromatic carbocycles. The highest BCUT2D eigenvalue weighted by Gasteiger charge is 2.08. The van der Waals surface area contributed by atoms with Gasteiger partial charge in [0.15, 0.2) is 5.90 Å². The Balaban J connectivity index is 2.83. The normalized spacial score (nSPS) is 16.5. The lowest BCUT2D eigenvalue weighted by atomic mass is 10.1. The average molecular weight is 336 g/mol. The summed E-state index contributed by atoms with van der Waals surface area (Å²) >= 11 is 1.33. The van der Waals surface area contributed by atoms with Crippen LogP contribution in [0.4, 0.5) is 0 Å². The Bertz CT molecular complexity index is 530. The van der Waals surface area contributed by atoms with Crippen LogP contribution in [0, 0.1) is 0 Å². The van der Waals surface area contributed by atoms with Crippen LogP contribution in [0.2, 0.25) is 0 Å². The van der Waals surface area contributed by atoms with E-state index < -0.39 is 0 Å². The number of aliphatic imine (C=N–C) groups is 1. The van der Waals surface area contributed by atoms with Crippen LogP contribution in [0.25, 0.3) is 0 Å². The standard InChI is InChI=1S/C18H29N3OS/c1-4-5-6-17(9-7-14(2)13-23-20)22-18-10-8-16(11-19)15(3)12-21-18/h7-9,12H,4-6,10-11,13,19-20H2,1-3H3/b14-7+,17-9+. The Labute approximate surface area is 144 Å². The van der Waals surface area contributed by atoms with Crippen LogP contribution < -0.4 is 10.9 Å². The van der Waals surface area contributed by atoms with Crippen molar-refractivity contribution < 1.29 is 4.74 Å². The van der Waals surface area contributed by atoms with E-state index in [0.29, 0.717) is 13.0 Å². The van der Waals surface area contributed by atoms with E-state index in [0.717, 1.165) is 47.8 Å². The van der Waals surface area contributed by atoms with Crippen molar-refractivity contribution in [2.24, 2.45) is 15.9 Å². The minimum absolute atomic E-state index is 0.530. The van der Waals surface area contributed by atoms with Crippen molar-refractivity contribution in [1.82, 2.24) is 0 Å². The van der Waals surface area contributed by atoms with Crippen molar-refractivity contribution >= 4 is 17.8 Å². The number of nitrogens with zero attached hydrogens (tertiary/aromatic N) is 1. The lowest BCUT2D eigenvalue weighted by molar-refractivity contribution is 0.381. The SMILES string of the molecule is CCCC/C(=C\C=C(/C)CSN)OC1=NC=C(C)C(CN)=CC1. The molecule has 5 heteroatoms. The molecule has 4 N–H and O–H groups in total. The zero-order valence-electron chi connectivity index (χ0n) is 14.5. The first-order valence-electron chi connectivity index (χ1n) is 8.09. The maximum absolute atomic E-state index is 6.04. The highest BCUT2D eigenvalue weighted by atomic mass is 32.2. The monoisotopic (exact) mass is 335 g/mol. The summed E-state index contributed by atoms with van der Waals surface area (Å²) < 4.78 is 6.04. The summed E-state index contributed by atoms with van der Waals surface area (Å²) in [7, 11) is 0. The van der Waals surface area contributed by atoms with E-state index >= 15 is 0 Å². The fraction of sp³-hybridized carbons (Fsp3) is 0.500. The number of nitrogens with two attached hydrogens (primary N) is 2. The van der Waals surface area contributed by atoms with Gasteiger partial charge in [-0.25, -0.2) is 4.99 Å². The molecule has 23 heavy (non-hydrogen) atoms. The molecule has 0 aromatic heterocycles. The molecule has 0 aromatic rings. The van der Waals surface area contributed by atoms with Gasteiger partial charge in [0.2, 0.25) is 0 Å². The van der Waals surface area contributed by atoms with Gasteiger partial charge in [-0.15, -0.1) is 0 Å². The molecule has 0 amide bonds. The van der Waals surface area contributed by atoms with Crippen LogP contribution in [0.1, 0.15) is 46.5 Å². The Morgan fingerprint density at radius 3 is 2.87 bits per heavy atom. The maximum Gasteiger partial charge on any atom is 0.197 e. The number of hydrogen-bond donors (Lipinski definition) is 2. The molecule has 0 spiro atoms. The third-order valence-electron chi connectivity index (χ3n) is 3.54. The molecular formula is C18H29N3OS. The lowest BCUT2D eigenvalue weighted by Gasteiger charge is -2.10. The van der Waals surface area contributed by atoms with Gasteiger partial charge in [0.25, 0.3) is 0 Å². The first-order chi connectivity index (χ1) is 11.1. The van der Waals surface area contributed by atoms with Crippen molar-refractivity contribution in [1.29, 1.82) is 0 Å². The third kappa shape index (κ3) is 7.68. The Hall–Kier alpha value is -1.30. The molecule has 128 valence electrons. The van der Waals surface area contributed by atoms with Crippen molar-refractivity contribution in [2.45, 2.75) is 46.5 Å². The van der Waals surface area contributed by atoms with E-state index in [4.69, 9.17) is 15.6 Å². The summed E-state index contributed by atoms with van der Waals surface area (Å²) in [6.07, 6.45) is 11.9. The highest BCUT2D eigenvalue weighted by Crippen LogP contribution is 2.17. The summed E-state index contributed by atoms with van der Waals surface area (Å²) in [5.41, 5.74) is 9.20. The first kappa shape index (κ1) is 19.7. The van der Waals surface area contributed by atoms with Crippen LogP contribution in [-0.4, -0.2) is 18.2 Å². The predicted molar refractivity (Wildman–Crippen MR) is 102 cm³/mol. The number of rotatable bonds is 8. The van der Waals surface area contributed by atoms with Crippen LogP contribution in [0.15, 0.2) is 51.9 Å². The molecule has 1 rings (SSSR count). The van der Waals surface area contributed by atoms with Crippen molar-refractivity contribution in [3.8, 4) is 0 Å². The van der Waals surface area contributed by atoms with E-state index in [1.807, 2.05) is 19.2 Å². The Morgan fingerprint density at radius 1 is 1.43 bits per heavy atom. The molecule has 1 aliphatic rings. The first-order valence-corrected chi connectivity index (χ1v) is 9.14. The van der Waals surface area contributed by atoms with Gasteiger partial charge >= 0.3 is 0 Å². The average Bonchev–Trinajstić information content (AvgIpc) is 2.72. The van der Waals surface area contributed by atoms with Gasteiger partial charge in [-0.1, -0.05) is 43.0 Å². The highest BCUT2D eigenvalue weighted by molar-refractivity contribution is 7.97. The van der Waals surface area contributed by atoms with Gasteiger partial charge < -0.3 is 10.5 Å². The zero-order chi connectivity index (χ0) is 17.1. The smallest absolute Gasteiger partial charge is 0.197 e. The van der Waals surface area contributed by atoms with Crippen LogP contribution in [0.5, 0.6) is 0 Å². The topological polar surface area (TPSA) is 73.6 Å². The van der Waals surface area contributed by atoms with Gasteiger partial charge in [0, 0.05) is 31.3 Å². The predicted octanol–water partition coefficient (Wildman–Crippen LogP) is 4.22. The van der Waals surface area contributed by atoms with Gasteiger partial charge in [-0.2, -0.15) is 0 Å². The number of allylic oxidation sites excluding steroid dienone is 3. The minimum Gasteiger partial charge on any atom is -0.447 e. The molecule has 0 unspecified atom stereocenters. The minimum atomic E-state index is 0.530. The lowest BCUT2D eigenvalue weighted by Crippen LogP contribution is -2.05. The molecule has 0 saturated heterocycles. The van der Waals surface area contributed by atoms with Crippen LogP contribution in [-0.2, 0) is 4.74 Å². The van der Waals surface area contributed by atoms with Gasteiger partial charge in [0.05, 0.1) is 0 Å². The molecule has 0 radical (unpaired) electrons. The van der Waals surface area contributed by atoms with Gasteiger partial charge in [-0.3, -0.25) is 5.14 Å². The van der Waals surface area contributed by atoms with Gasteiger partial charge in [-0.05, 0) is 37.5 Å². The van der Waals surface area contributed by atoms with E-state index in [-0.39, 0.29) is 0 Å². The molecule has 0 bridgehead atoms. The number of unbranched alkanes of at least 4 members (excludes halogenated alkanes) is 1. The second-order valence-corrected chi connectivity index (χ2v) is 6.26. The van der Waals surface area contributed by atoms with Crippen molar-refractivity contribution in [3.05, 3.63) is 46.9 Å². The van der Waals surface area contributed by atoms with Crippen LogP contribution >= 0.6 is 11.9 Å². The summed E-state index contributed by atoms with van der Waals surface area (Å²) in [6, 6.07) is 0. The van der Waals surface area contributed by atoms with Crippen molar-refractivity contribution in [2.75, 3.05) is 12.3 Å². The summed E-state index contributed by atoms with van der Waals surface area (Å²) in [5.74, 6) is 2.49.